The molecule has 0 bridgehead atoms. The standard InChI is InChI=1S/C23H24N4O2S/c1-13-8-9-16(22(28)29)12-19(13)27-14(2)11-17(15(27)3)21-20(25-23(30)26(21)4)18-7-5-6-10-24-18/h5-12,20-21H,1-4H3,(H,25,30)(H,28,29)/t20-,21+/m1/s1. The molecule has 0 amide bonds. The van der Waals surface area contributed by atoms with Crippen LogP contribution in [0.1, 0.15) is 50.7 Å². The zero-order chi connectivity index (χ0) is 21.6. The smallest absolute Gasteiger partial charge is 0.335 e. The Bertz CT molecular complexity index is 1140. The summed E-state index contributed by atoms with van der Waals surface area (Å²) in [6, 6.07) is 13.2. The number of aryl methyl sites for hydroxylation is 2. The Morgan fingerprint density at radius 1 is 1.17 bits per heavy atom. The lowest BCUT2D eigenvalue weighted by Crippen LogP contribution is -2.25. The normalized spacial score (nSPS) is 18.5. The van der Waals surface area contributed by atoms with Crippen molar-refractivity contribution in [3.63, 3.8) is 0 Å². The summed E-state index contributed by atoms with van der Waals surface area (Å²) < 4.78 is 2.13. The van der Waals surface area contributed by atoms with Crippen LogP contribution in [-0.2, 0) is 0 Å². The molecular formula is C23H24N4O2S. The van der Waals surface area contributed by atoms with Crippen LogP contribution in [0.2, 0.25) is 0 Å². The minimum absolute atomic E-state index is 0.0182. The van der Waals surface area contributed by atoms with Crippen LogP contribution in [0, 0.1) is 20.8 Å². The molecule has 1 aromatic carbocycles. The fraction of sp³-hybridized carbons (Fsp3) is 0.261. The Morgan fingerprint density at radius 3 is 2.60 bits per heavy atom. The average Bonchev–Trinajstić information content (AvgIpc) is 3.18. The van der Waals surface area contributed by atoms with Crippen molar-refractivity contribution in [2.24, 2.45) is 0 Å². The van der Waals surface area contributed by atoms with E-state index in [9.17, 15) is 9.90 Å². The molecule has 1 fully saturated rings. The van der Waals surface area contributed by atoms with Gasteiger partial charge in [0.2, 0.25) is 0 Å². The van der Waals surface area contributed by atoms with E-state index in [2.05, 4.69) is 32.8 Å². The van der Waals surface area contributed by atoms with Gasteiger partial charge in [0, 0.05) is 30.3 Å². The van der Waals surface area contributed by atoms with Gasteiger partial charge in [-0.25, -0.2) is 4.79 Å². The maximum Gasteiger partial charge on any atom is 0.335 e. The maximum absolute atomic E-state index is 11.5. The van der Waals surface area contributed by atoms with Crippen LogP contribution in [0.4, 0.5) is 0 Å². The van der Waals surface area contributed by atoms with Crippen LogP contribution >= 0.6 is 12.2 Å². The van der Waals surface area contributed by atoms with Crippen molar-refractivity contribution in [1.82, 2.24) is 19.8 Å². The molecule has 2 atom stereocenters. The molecule has 4 rings (SSSR count). The van der Waals surface area contributed by atoms with Gasteiger partial charge in [0.25, 0.3) is 0 Å². The number of pyridine rings is 1. The van der Waals surface area contributed by atoms with Gasteiger partial charge < -0.3 is 19.9 Å². The molecule has 1 aliphatic rings. The van der Waals surface area contributed by atoms with E-state index < -0.39 is 5.97 Å². The van der Waals surface area contributed by atoms with E-state index in [1.807, 2.05) is 45.2 Å². The fourth-order valence-corrected chi connectivity index (χ4v) is 4.53. The topological polar surface area (TPSA) is 70.4 Å². The number of hydrogen-bond donors (Lipinski definition) is 2. The summed E-state index contributed by atoms with van der Waals surface area (Å²) in [4.78, 5) is 18.1. The summed E-state index contributed by atoms with van der Waals surface area (Å²) in [5, 5.41) is 13.5. The van der Waals surface area contributed by atoms with E-state index in [-0.39, 0.29) is 17.6 Å². The molecule has 0 spiro atoms. The molecule has 1 aliphatic heterocycles. The quantitative estimate of drug-likeness (QED) is 0.620. The first-order valence-electron chi connectivity index (χ1n) is 9.77. The molecule has 30 heavy (non-hydrogen) atoms. The van der Waals surface area contributed by atoms with Crippen molar-refractivity contribution in [3.8, 4) is 5.69 Å². The Morgan fingerprint density at radius 2 is 1.93 bits per heavy atom. The summed E-state index contributed by atoms with van der Waals surface area (Å²) >= 11 is 5.55. The zero-order valence-corrected chi connectivity index (χ0v) is 18.2. The first-order valence-corrected chi connectivity index (χ1v) is 10.2. The van der Waals surface area contributed by atoms with E-state index in [4.69, 9.17) is 12.2 Å². The van der Waals surface area contributed by atoms with E-state index in [0.717, 1.165) is 33.9 Å². The molecule has 1 saturated heterocycles. The molecule has 154 valence electrons. The first kappa shape index (κ1) is 20.1. The Balaban J connectivity index is 1.85. The third-order valence-corrected chi connectivity index (χ3v) is 6.23. The van der Waals surface area contributed by atoms with Crippen LogP contribution in [0.3, 0.4) is 0 Å². The van der Waals surface area contributed by atoms with Crippen LogP contribution in [-0.4, -0.2) is 37.7 Å². The summed E-state index contributed by atoms with van der Waals surface area (Å²) in [5.74, 6) is -0.931. The number of rotatable bonds is 4. The monoisotopic (exact) mass is 420 g/mol. The van der Waals surface area contributed by atoms with E-state index in [1.54, 1.807) is 18.3 Å². The van der Waals surface area contributed by atoms with Gasteiger partial charge in [-0.2, -0.15) is 0 Å². The van der Waals surface area contributed by atoms with Crippen LogP contribution in [0.5, 0.6) is 0 Å². The largest absolute Gasteiger partial charge is 0.478 e. The molecule has 6 nitrogen and oxygen atoms in total. The summed E-state index contributed by atoms with van der Waals surface area (Å²) in [5.41, 5.74) is 6.34. The Hall–Kier alpha value is -3.19. The van der Waals surface area contributed by atoms with Gasteiger partial charge in [-0.05, 0) is 74.4 Å². The van der Waals surface area contributed by atoms with Crippen LogP contribution in [0.25, 0.3) is 5.69 Å². The number of nitrogens with one attached hydrogen (secondary N) is 1. The van der Waals surface area contributed by atoms with Crippen molar-refractivity contribution in [2.45, 2.75) is 32.9 Å². The van der Waals surface area contributed by atoms with Gasteiger partial charge in [0.1, 0.15) is 0 Å². The van der Waals surface area contributed by atoms with Gasteiger partial charge >= 0.3 is 5.97 Å². The van der Waals surface area contributed by atoms with Crippen LogP contribution in [0.15, 0.2) is 48.7 Å². The highest BCUT2D eigenvalue weighted by atomic mass is 32.1. The van der Waals surface area contributed by atoms with Gasteiger partial charge in [0.15, 0.2) is 5.11 Å². The number of benzene rings is 1. The second-order valence-electron chi connectivity index (χ2n) is 7.71. The minimum Gasteiger partial charge on any atom is -0.478 e. The zero-order valence-electron chi connectivity index (χ0n) is 17.4. The fourth-order valence-electron chi connectivity index (χ4n) is 4.29. The van der Waals surface area contributed by atoms with E-state index >= 15 is 0 Å². The van der Waals surface area contributed by atoms with Gasteiger partial charge in [-0.1, -0.05) is 12.1 Å². The molecule has 3 heterocycles. The van der Waals surface area contributed by atoms with Crippen molar-refractivity contribution in [2.75, 3.05) is 7.05 Å². The number of aromatic carboxylic acids is 1. The SMILES string of the molecule is Cc1ccc(C(=O)O)cc1-n1c(C)cc([C@H]2[C@@H](c3ccccn3)NC(=S)N2C)c1C. The Kier molecular flexibility index (Phi) is 5.07. The number of hydrogen-bond acceptors (Lipinski definition) is 3. The third kappa shape index (κ3) is 3.25. The first-order chi connectivity index (χ1) is 14.3. The number of carbonyl (C=O) groups is 1. The molecule has 3 aromatic rings. The molecular weight excluding hydrogens is 396 g/mol. The number of thiocarbonyl (C=S) groups is 1. The lowest BCUT2D eigenvalue weighted by atomic mass is 9.97. The Labute approximate surface area is 181 Å². The molecule has 0 saturated carbocycles. The number of likely N-dealkylation sites (N-methyl/N-ethyl adjacent to an activating group) is 1. The van der Waals surface area contributed by atoms with Crippen molar-refractivity contribution >= 4 is 23.3 Å². The highest BCUT2D eigenvalue weighted by molar-refractivity contribution is 7.80. The van der Waals surface area contributed by atoms with Crippen LogP contribution < -0.4 is 5.32 Å². The second-order valence-corrected chi connectivity index (χ2v) is 8.09. The molecule has 0 radical (unpaired) electrons. The lowest BCUT2D eigenvalue weighted by Gasteiger charge is -2.24. The van der Waals surface area contributed by atoms with Gasteiger partial charge in [-0.3, -0.25) is 4.98 Å². The molecule has 0 aliphatic carbocycles. The lowest BCUT2D eigenvalue weighted by molar-refractivity contribution is 0.0697. The third-order valence-electron chi connectivity index (χ3n) is 5.82. The highest BCUT2D eigenvalue weighted by Crippen LogP contribution is 2.40. The number of aromatic nitrogens is 2. The van der Waals surface area contributed by atoms with E-state index in [1.165, 1.54) is 0 Å². The van der Waals surface area contributed by atoms with Gasteiger partial charge in [-0.15, -0.1) is 0 Å². The van der Waals surface area contributed by atoms with Crippen molar-refractivity contribution in [1.29, 1.82) is 0 Å². The molecule has 7 heteroatoms. The molecule has 2 aromatic heterocycles. The predicted octanol–water partition coefficient (Wildman–Crippen LogP) is 4.10. The summed E-state index contributed by atoms with van der Waals surface area (Å²) in [7, 11) is 1.99. The number of carboxylic acids is 1. The maximum atomic E-state index is 11.5. The van der Waals surface area contributed by atoms with E-state index in [0.29, 0.717) is 5.11 Å². The number of nitrogens with zero attached hydrogens (tertiary/aromatic N) is 3. The summed E-state index contributed by atoms with van der Waals surface area (Å²) in [6.45, 7) is 6.11. The van der Waals surface area contributed by atoms with Crippen molar-refractivity contribution in [3.05, 3.63) is 82.4 Å². The highest BCUT2D eigenvalue weighted by Gasteiger charge is 2.39. The average molecular weight is 421 g/mol. The minimum atomic E-state index is -0.931. The molecule has 0 unspecified atom stereocenters. The second kappa shape index (κ2) is 7.57. The van der Waals surface area contributed by atoms with Crippen molar-refractivity contribution < 1.29 is 9.90 Å². The molecule has 2 N–H and O–H groups in total. The van der Waals surface area contributed by atoms with Gasteiger partial charge in [0.05, 0.1) is 23.3 Å². The number of carboxylic acid groups (broad SMARTS) is 1. The predicted molar refractivity (Wildman–Crippen MR) is 120 cm³/mol. The summed E-state index contributed by atoms with van der Waals surface area (Å²) in [6.07, 6.45) is 1.79.